The van der Waals surface area contributed by atoms with E-state index < -0.39 is 0 Å². The van der Waals surface area contributed by atoms with E-state index >= 15 is 0 Å². The highest BCUT2D eigenvalue weighted by atomic mass is 16.5. The highest BCUT2D eigenvalue weighted by molar-refractivity contribution is 5.51. The molecule has 0 saturated carbocycles. The van der Waals surface area contributed by atoms with E-state index in [1.54, 1.807) is 14.2 Å². The van der Waals surface area contributed by atoms with Crippen molar-refractivity contribution in [2.24, 2.45) is 0 Å². The summed E-state index contributed by atoms with van der Waals surface area (Å²) < 4.78 is 11.2. The summed E-state index contributed by atoms with van der Waals surface area (Å²) in [5.41, 5.74) is 4.38. The molecule has 0 aromatic rings. The molecule has 0 spiro atoms. The summed E-state index contributed by atoms with van der Waals surface area (Å²) in [5.74, 6) is 1.95. The number of rotatable bonds is 2. The average molecular weight is 247 g/mol. The Morgan fingerprint density at radius 3 is 2.89 bits per heavy atom. The topological polar surface area (TPSA) is 30.5 Å². The van der Waals surface area contributed by atoms with Gasteiger partial charge in [-0.05, 0) is 43.4 Å². The summed E-state index contributed by atoms with van der Waals surface area (Å²) in [6.07, 6.45) is 7.90. The summed E-state index contributed by atoms with van der Waals surface area (Å²) >= 11 is 0. The van der Waals surface area contributed by atoms with Gasteiger partial charge in [0.1, 0.15) is 5.76 Å². The zero-order valence-electron chi connectivity index (χ0n) is 11.2. The molecule has 1 aliphatic heterocycles. The van der Waals surface area contributed by atoms with Gasteiger partial charge in [-0.3, -0.25) is 0 Å². The average Bonchev–Trinajstić information content (AvgIpc) is 2.57. The molecular weight excluding hydrogens is 226 g/mol. The second kappa shape index (κ2) is 4.81. The molecule has 0 aromatic carbocycles. The molecule has 1 atom stereocenters. The van der Waals surface area contributed by atoms with Gasteiger partial charge in [-0.2, -0.15) is 0 Å². The standard InChI is InChI=1S/C15H21NO2/c1-17-13-7-6-10-8-9-16-12-5-3-4-11(14(10)12)15(13)18-2/h6,12,16H,3-5,7-9H2,1-2H3. The van der Waals surface area contributed by atoms with Gasteiger partial charge in [0.15, 0.2) is 5.76 Å². The third-order valence-corrected chi connectivity index (χ3v) is 4.24. The number of allylic oxidation sites excluding steroid dienone is 2. The Balaban J connectivity index is 2.14. The minimum Gasteiger partial charge on any atom is -0.497 e. The zero-order chi connectivity index (χ0) is 12.5. The lowest BCUT2D eigenvalue weighted by Crippen LogP contribution is -2.39. The monoisotopic (exact) mass is 247 g/mol. The van der Waals surface area contributed by atoms with Gasteiger partial charge in [-0.15, -0.1) is 0 Å². The lowest BCUT2D eigenvalue weighted by molar-refractivity contribution is 0.220. The first-order valence-electron chi connectivity index (χ1n) is 6.82. The lowest BCUT2D eigenvalue weighted by Gasteiger charge is -2.35. The van der Waals surface area contributed by atoms with Gasteiger partial charge in [-0.1, -0.05) is 6.08 Å². The van der Waals surface area contributed by atoms with Crippen LogP contribution in [0.1, 0.15) is 32.1 Å². The van der Waals surface area contributed by atoms with Crippen LogP contribution in [-0.4, -0.2) is 26.8 Å². The smallest absolute Gasteiger partial charge is 0.160 e. The van der Waals surface area contributed by atoms with Gasteiger partial charge >= 0.3 is 0 Å². The lowest BCUT2D eigenvalue weighted by atomic mass is 9.80. The molecule has 2 aliphatic carbocycles. The van der Waals surface area contributed by atoms with E-state index in [2.05, 4.69) is 11.4 Å². The van der Waals surface area contributed by atoms with E-state index in [1.807, 2.05) is 0 Å². The summed E-state index contributed by atoms with van der Waals surface area (Å²) in [5, 5.41) is 3.64. The van der Waals surface area contributed by atoms with Gasteiger partial charge in [0.05, 0.1) is 14.2 Å². The second-order valence-electron chi connectivity index (χ2n) is 5.14. The van der Waals surface area contributed by atoms with E-state index in [-0.39, 0.29) is 0 Å². The van der Waals surface area contributed by atoms with Crippen molar-refractivity contribution in [2.75, 3.05) is 20.8 Å². The minimum absolute atomic E-state index is 0.523. The molecule has 1 N–H and O–H groups in total. The van der Waals surface area contributed by atoms with E-state index in [1.165, 1.54) is 29.6 Å². The fraction of sp³-hybridized carbons (Fsp3) is 0.600. The van der Waals surface area contributed by atoms with Crippen LogP contribution in [0, 0.1) is 0 Å². The van der Waals surface area contributed by atoms with Crippen LogP contribution >= 0.6 is 0 Å². The first kappa shape index (κ1) is 11.8. The zero-order valence-corrected chi connectivity index (χ0v) is 11.2. The first-order valence-corrected chi connectivity index (χ1v) is 6.82. The van der Waals surface area contributed by atoms with E-state index in [9.17, 15) is 0 Å². The predicted molar refractivity (Wildman–Crippen MR) is 71.0 cm³/mol. The molecule has 98 valence electrons. The second-order valence-corrected chi connectivity index (χ2v) is 5.14. The van der Waals surface area contributed by atoms with Crippen molar-refractivity contribution in [1.29, 1.82) is 0 Å². The molecule has 0 aromatic heterocycles. The number of hydrogen-bond acceptors (Lipinski definition) is 3. The SMILES string of the molecule is COC1=C(OC)C2=C3C(=CC1)CCNC3CCC2. The predicted octanol–water partition coefficient (Wildman–Crippen LogP) is 2.66. The maximum Gasteiger partial charge on any atom is 0.160 e. The third kappa shape index (κ3) is 1.77. The van der Waals surface area contributed by atoms with Crippen LogP contribution in [0.2, 0.25) is 0 Å². The fourth-order valence-electron chi connectivity index (χ4n) is 3.45. The van der Waals surface area contributed by atoms with Crippen molar-refractivity contribution in [1.82, 2.24) is 5.32 Å². The van der Waals surface area contributed by atoms with Crippen molar-refractivity contribution < 1.29 is 9.47 Å². The highest BCUT2D eigenvalue weighted by Gasteiger charge is 2.32. The molecule has 3 nitrogen and oxygen atoms in total. The summed E-state index contributed by atoms with van der Waals surface area (Å²) in [6.45, 7) is 1.10. The molecule has 3 rings (SSSR count). The quantitative estimate of drug-likeness (QED) is 0.813. The Labute approximate surface area is 109 Å². The van der Waals surface area contributed by atoms with Crippen molar-refractivity contribution >= 4 is 0 Å². The Bertz CT molecular complexity index is 445. The van der Waals surface area contributed by atoms with Gasteiger partial charge in [0.2, 0.25) is 0 Å². The Morgan fingerprint density at radius 1 is 1.22 bits per heavy atom. The molecule has 1 fully saturated rings. The molecule has 0 amide bonds. The summed E-state index contributed by atoms with van der Waals surface area (Å²) in [6, 6.07) is 0.523. The molecule has 0 bridgehead atoms. The molecule has 1 unspecified atom stereocenters. The van der Waals surface area contributed by atoms with Crippen LogP contribution < -0.4 is 5.32 Å². The molecule has 3 aliphatic rings. The van der Waals surface area contributed by atoms with Gasteiger partial charge in [0, 0.05) is 18.0 Å². The normalized spacial score (nSPS) is 27.4. The maximum atomic E-state index is 5.65. The number of hydrogen-bond donors (Lipinski definition) is 1. The molecule has 0 radical (unpaired) electrons. The molecule has 3 heteroatoms. The van der Waals surface area contributed by atoms with Gasteiger partial charge in [0.25, 0.3) is 0 Å². The third-order valence-electron chi connectivity index (χ3n) is 4.24. The largest absolute Gasteiger partial charge is 0.497 e. The molecule has 1 heterocycles. The van der Waals surface area contributed by atoms with Crippen molar-refractivity contribution in [3.63, 3.8) is 0 Å². The van der Waals surface area contributed by atoms with Crippen molar-refractivity contribution in [2.45, 2.75) is 38.1 Å². The minimum atomic E-state index is 0.523. The Hall–Kier alpha value is -1.22. The van der Waals surface area contributed by atoms with Crippen molar-refractivity contribution in [3.05, 3.63) is 34.3 Å². The van der Waals surface area contributed by atoms with Crippen LogP contribution in [0.25, 0.3) is 0 Å². The first-order chi connectivity index (χ1) is 8.85. The highest BCUT2D eigenvalue weighted by Crippen LogP contribution is 2.41. The number of nitrogens with one attached hydrogen (secondary N) is 1. The van der Waals surface area contributed by atoms with Crippen molar-refractivity contribution in [3.8, 4) is 0 Å². The molecule has 18 heavy (non-hydrogen) atoms. The van der Waals surface area contributed by atoms with Crippen LogP contribution in [0.15, 0.2) is 34.3 Å². The van der Waals surface area contributed by atoms with Crippen LogP contribution in [0.5, 0.6) is 0 Å². The van der Waals surface area contributed by atoms with Crippen LogP contribution in [0.3, 0.4) is 0 Å². The summed E-state index contributed by atoms with van der Waals surface area (Å²) in [4.78, 5) is 0. The Kier molecular flexibility index (Phi) is 3.16. The number of methoxy groups -OCH3 is 2. The van der Waals surface area contributed by atoms with Gasteiger partial charge in [-0.25, -0.2) is 0 Å². The van der Waals surface area contributed by atoms with E-state index in [0.717, 1.165) is 37.3 Å². The summed E-state index contributed by atoms with van der Waals surface area (Å²) in [7, 11) is 3.50. The maximum absolute atomic E-state index is 5.65. The number of ether oxygens (including phenoxy) is 2. The van der Waals surface area contributed by atoms with Gasteiger partial charge < -0.3 is 14.8 Å². The van der Waals surface area contributed by atoms with E-state index in [4.69, 9.17) is 9.47 Å². The Morgan fingerprint density at radius 2 is 2.11 bits per heavy atom. The number of piperidine rings is 1. The van der Waals surface area contributed by atoms with Crippen LogP contribution in [0.4, 0.5) is 0 Å². The van der Waals surface area contributed by atoms with Crippen LogP contribution in [-0.2, 0) is 9.47 Å². The fourth-order valence-corrected chi connectivity index (χ4v) is 3.45. The van der Waals surface area contributed by atoms with E-state index in [0.29, 0.717) is 6.04 Å². The molecular formula is C15H21NO2. The molecule has 1 saturated heterocycles.